The minimum absolute atomic E-state index is 0.390. The second-order valence-corrected chi connectivity index (χ2v) is 4.82. The summed E-state index contributed by atoms with van der Waals surface area (Å²) in [5, 5.41) is 8.51. The van der Waals surface area contributed by atoms with Crippen LogP contribution in [0.5, 0.6) is 0 Å². The van der Waals surface area contributed by atoms with Crippen LogP contribution in [0.2, 0.25) is 0 Å². The Kier molecular flexibility index (Phi) is 2.77. The van der Waals surface area contributed by atoms with Crippen molar-refractivity contribution in [1.29, 1.82) is 0 Å². The van der Waals surface area contributed by atoms with Crippen LogP contribution in [-0.4, -0.2) is 7.05 Å². The number of fused-ring (bicyclic) bond motifs is 2. The third kappa shape index (κ3) is 1.87. The summed E-state index contributed by atoms with van der Waals surface area (Å²) < 4.78 is 0. The van der Waals surface area contributed by atoms with E-state index in [1.807, 2.05) is 7.05 Å². The molecule has 0 aliphatic heterocycles. The Hall–Kier alpha value is -1.86. The first kappa shape index (κ1) is 11.2. The highest BCUT2D eigenvalue weighted by atomic mass is 14.8. The quantitative estimate of drug-likeness (QED) is 0.654. The molecule has 0 aliphatic carbocycles. The lowest BCUT2D eigenvalue weighted by atomic mass is 9.99. The zero-order valence-corrected chi connectivity index (χ0v) is 10.8. The van der Waals surface area contributed by atoms with E-state index in [9.17, 15) is 0 Å². The van der Waals surface area contributed by atoms with Gasteiger partial charge in [0.25, 0.3) is 0 Å². The van der Waals surface area contributed by atoms with Crippen LogP contribution in [-0.2, 0) is 0 Å². The van der Waals surface area contributed by atoms with Crippen molar-refractivity contribution in [2.45, 2.75) is 13.0 Å². The molecule has 0 heterocycles. The maximum absolute atomic E-state index is 3.28. The summed E-state index contributed by atoms with van der Waals surface area (Å²) in [4.78, 5) is 0. The van der Waals surface area contributed by atoms with E-state index >= 15 is 0 Å². The normalized spacial score (nSPS) is 13.0. The summed E-state index contributed by atoms with van der Waals surface area (Å²) in [5.41, 5.74) is 1.33. The average Bonchev–Trinajstić information content (AvgIpc) is 2.43. The van der Waals surface area contributed by atoms with Crippen molar-refractivity contribution in [3.05, 3.63) is 60.2 Å². The smallest absolute Gasteiger partial charge is 0.0289 e. The highest BCUT2D eigenvalue weighted by molar-refractivity contribution is 5.98. The minimum atomic E-state index is 0.390. The Labute approximate surface area is 107 Å². The van der Waals surface area contributed by atoms with Gasteiger partial charge in [-0.25, -0.2) is 0 Å². The minimum Gasteiger partial charge on any atom is -0.313 e. The summed E-state index contributed by atoms with van der Waals surface area (Å²) >= 11 is 0. The molecule has 0 aromatic heterocycles. The molecule has 0 fully saturated rings. The fourth-order valence-corrected chi connectivity index (χ4v) is 2.39. The van der Waals surface area contributed by atoms with Crippen LogP contribution in [0.15, 0.2) is 54.6 Å². The first-order chi connectivity index (χ1) is 8.78. The molecular weight excluding hydrogens is 218 g/mol. The maximum Gasteiger partial charge on any atom is 0.0289 e. The van der Waals surface area contributed by atoms with E-state index in [1.165, 1.54) is 27.1 Å². The van der Waals surface area contributed by atoms with Crippen molar-refractivity contribution in [3.8, 4) is 0 Å². The molecule has 3 rings (SSSR count). The van der Waals surface area contributed by atoms with Crippen molar-refractivity contribution in [1.82, 2.24) is 5.32 Å². The molecule has 0 saturated carbocycles. The monoisotopic (exact) mass is 235 g/mol. The molecule has 3 aromatic rings. The third-order valence-corrected chi connectivity index (χ3v) is 3.66. The molecule has 1 atom stereocenters. The van der Waals surface area contributed by atoms with Crippen molar-refractivity contribution in [3.63, 3.8) is 0 Å². The zero-order chi connectivity index (χ0) is 12.5. The number of nitrogens with one attached hydrogen (secondary N) is 1. The zero-order valence-electron chi connectivity index (χ0n) is 10.8. The largest absolute Gasteiger partial charge is 0.313 e. The molecule has 0 bridgehead atoms. The van der Waals surface area contributed by atoms with Gasteiger partial charge >= 0.3 is 0 Å². The van der Waals surface area contributed by atoms with E-state index in [-0.39, 0.29) is 0 Å². The lowest BCUT2D eigenvalue weighted by molar-refractivity contribution is 0.653. The first-order valence-corrected chi connectivity index (χ1v) is 6.37. The van der Waals surface area contributed by atoms with Gasteiger partial charge in [0.2, 0.25) is 0 Å². The molecule has 0 radical (unpaired) electrons. The van der Waals surface area contributed by atoms with Crippen LogP contribution < -0.4 is 5.32 Å². The van der Waals surface area contributed by atoms with Gasteiger partial charge in [0.15, 0.2) is 0 Å². The van der Waals surface area contributed by atoms with Gasteiger partial charge in [0, 0.05) is 6.04 Å². The number of rotatable bonds is 2. The summed E-state index contributed by atoms with van der Waals surface area (Å²) in [6.07, 6.45) is 0. The molecule has 0 saturated heterocycles. The second-order valence-electron chi connectivity index (χ2n) is 4.82. The van der Waals surface area contributed by atoms with Crippen LogP contribution in [0.3, 0.4) is 0 Å². The van der Waals surface area contributed by atoms with E-state index in [1.54, 1.807) is 0 Å². The molecule has 0 spiro atoms. The van der Waals surface area contributed by atoms with Gasteiger partial charge in [-0.1, -0.05) is 36.4 Å². The van der Waals surface area contributed by atoms with E-state index in [4.69, 9.17) is 0 Å². The molecule has 0 unspecified atom stereocenters. The van der Waals surface area contributed by atoms with E-state index in [2.05, 4.69) is 66.8 Å². The highest BCUT2D eigenvalue weighted by Gasteiger charge is 2.04. The van der Waals surface area contributed by atoms with Gasteiger partial charge in [0.05, 0.1) is 0 Å². The van der Waals surface area contributed by atoms with Crippen molar-refractivity contribution >= 4 is 21.5 Å². The maximum atomic E-state index is 3.28. The van der Waals surface area contributed by atoms with Gasteiger partial charge in [-0.2, -0.15) is 0 Å². The molecule has 0 aliphatic rings. The first-order valence-electron chi connectivity index (χ1n) is 6.37. The standard InChI is InChI=1S/C17H17N/c1-12(18-2)13-7-8-16-10-14-5-3-4-6-15(14)11-17(16)9-13/h3-12,18H,1-2H3/t12-/m0/s1. The van der Waals surface area contributed by atoms with E-state index in [0.29, 0.717) is 6.04 Å². The van der Waals surface area contributed by atoms with Gasteiger partial charge in [-0.05, 0) is 59.3 Å². The van der Waals surface area contributed by atoms with Crippen LogP contribution in [0.25, 0.3) is 21.5 Å². The van der Waals surface area contributed by atoms with Gasteiger partial charge in [-0.15, -0.1) is 0 Å². The topological polar surface area (TPSA) is 12.0 Å². The molecular formula is C17H17N. The van der Waals surface area contributed by atoms with E-state index < -0.39 is 0 Å². The van der Waals surface area contributed by atoms with Crippen molar-refractivity contribution < 1.29 is 0 Å². The molecule has 90 valence electrons. The SMILES string of the molecule is CN[C@@H](C)c1ccc2cc3ccccc3cc2c1. The molecule has 0 amide bonds. The average molecular weight is 235 g/mol. The predicted molar refractivity (Wildman–Crippen MR) is 78.9 cm³/mol. The molecule has 1 heteroatoms. The summed E-state index contributed by atoms with van der Waals surface area (Å²) in [6.45, 7) is 2.18. The Morgan fingerprint density at radius 2 is 1.39 bits per heavy atom. The molecule has 1 nitrogen and oxygen atoms in total. The Morgan fingerprint density at radius 1 is 0.778 bits per heavy atom. The van der Waals surface area contributed by atoms with Gasteiger partial charge < -0.3 is 5.32 Å². The summed E-state index contributed by atoms with van der Waals surface area (Å²) in [5.74, 6) is 0. The summed E-state index contributed by atoms with van der Waals surface area (Å²) in [6, 6.07) is 20.1. The summed E-state index contributed by atoms with van der Waals surface area (Å²) in [7, 11) is 2.00. The molecule has 18 heavy (non-hydrogen) atoms. The van der Waals surface area contributed by atoms with Crippen molar-refractivity contribution in [2.75, 3.05) is 7.05 Å². The number of benzene rings is 3. The van der Waals surface area contributed by atoms with Crippen LogP contribution >= 0.6 is 0 Å². The second kappa shape index (κ2) is 4.43. The lowest BCUT2D eigenvalue weighted by Gasteiger charge is -2.12. The molecule has 1 N–H and O–H groups in total. The predicted octanol–water partition coefficient (Wildman–Crippen LogP) is 4.27. The number of hydrogen-bond donors (Lipinski definition) is 1. The van der Waals surface area contributed by atoms with Gasteiger partial charge in [0.1, 0.15) is 0 Å². The van der Waals surface area contributed by atoms with E-state index in [0.717, 1.165) is 0 Å². The highest BCUT2D eigenvalue weighted by Crippen LogP contribution is 2.25. The van der Waals surface area contributed by atoms with Crippen molar-refractivity contribution in [2.24, 2.45) is 0 Å². The third-order valence-electron chi connectivity index (χ3n) is 3.66. The Morgan fingerprint density at radius 3 is 2.06 bits per heavy atom. The fraction of sp³-hybridized carbons (Fsp3) is 0.176. The fourth-order valence-electron chi connectivity index (χ4n) is 2.39. The van der Waals surface area contributed by atoms with Crippen LogP contribution in [0.1, 0.15) is 18.5 Å². The molecule has 3 aromatic carbocycles. The lowest BCUT2D eigenvalue weighted by Crippen LogP contribution is -2.11. The Balaban J connectivity index is 2.24. The number of hydrogen-bond acceptors (Lipinski definition) is 1. The van der Waals surface area contributed by atoms with Gasteiger partial charge in [-0.3, -0.25) is 0 Å². The van der Waals surface area contributed by atoms with Crippen LogP contribution in [0.4, 0.5) is 0 Å². The van der Waals surface area contributed by atoms with Crippen LogP contribution in [0, 0.1) is 0 Å². The Bertz CT molecular complexity index is 700.